The van der Waals surface area contributed by atoms with Gasteiger partial charge in [-0.2, -0.15) is 0 Å². The van der Waals surface area contributed by atoms with E-state index in [1.54, 1.807) is 24.3 Å². The number of hydrazine groups is 1. The summed E-state index contributed by atoms with van der Waals surface area (Å²) in [6, 6.07) is 15.4. The molecule has 2 atom stereocenters. The third-order valence-electron chi connectivity index (χ3n) is 4.93. The molecule has 2 aromatic carbocycles. The lowest BCUT2D eigenvalue weighted by molar-refractivity contribution is -0.905. The Labute approximate surface area is 169 Å². The first-order chi connectivity index (χ1) is 13.5. The van der Waals surface area contributed by atoms with Gasteiger partial charge in [0.2, 0.25) is 0 Å². The second kappa shape index (κ2) is 9.57. The van der Waals surface area contributed by atoms with Gasteiger partial charge in [0.1, 0.15) is 11.8 Å². The summed E-state index contributed by atoms with van der Waals surface area (Å²) < 4.78 is 5.34. The first-order valence-corrected chi connectivity index (χ1v) is 9.77. The predicted molar refractivity (Wildman–Crippen MR) is 107 cm³/mol. The third kappa shape index (κ3) is 5.47. The smallest absolute Gasteiger partial charge is 0.293 e. The lowest BCUT2D eigenvalue weighted by atomic mass is 9.87. The van der Waals surface area contributed by atoms with Gasteiger partial charge in [0.25, 0.3) is 11.8 Å². The Morgan fingerprint density at radius 1 is 1.11 bits per heavy atom. The zero-order valence-corrected chi connectivity index (χ0v) is 16.6. The van der Waals surface area contributed by atoms with E-state index in [2.05, 4.69) is 29.1 Å². The molecule has 0 fully saturated rings. The molecule has 3 N–H and O–H groups in total. The van der Waals surface area contributed by atoms with Crippen molar-refractivity contribution in [2.45, 2.75) is 25.3 Å². The molecule has 28 heavy (non-hydrogen) atoms. The Balaban J connectivity index is 1.43. The fourth-order valence-electron chi connectivity index (χ4n) is 3.54. The number of benzene rings is 2. The highest BCUT2D eigenvalue weighted by Crippen LogP contribution is 2.27. The maximum absolute atomic E-state index is 12.2. The number of quaternary nitrogens is 1. The molecule has 2 amide bonds. The molecule has 0 spiro atoms. The van der Waals surface area contributed by atoms with E-state index in [9.17, 15) is 9.59 Å². The quantitative estimate of drug-likeness (QED) is 0.640. The number of rotatable bonds is 6. The minimum atomic E-state index is -0.427. The standard InChI is InChI=1S/C21H24ClN3O3/c1-25(19-8-4-6-15-5-2-3-7-18(15)19)13-20(26)23-24-21(27)14-28-17-11-9-16(22)10-12-17/h2-3,5,7,9-12,19H,4,6,8,13-14H2,1H3,(H,23,26)(H,24,27)/p+1/t19-/m1/s1. The van der Waals surface area contributed by atoms with Crippen molar-refractivity contribution in [3.05, 3.63) is 64.7 Å². The van der Waals surface area contributed by atoms with E-state index >= 15 is 0 Å². The van der Waals surface area contributed by atoms with Crippen LogP contribution >= 0.6 is 11.6 Å². The van der Waals surface area contributed by atoms with E-state index in [0.29, 0.717) is 16.8 Å². The summed E-state index contributed by atoms with van der Waals surface area (Å²) in [4.78, 5) is 25.2. The number of hydrogen-bond donors (Lipinski definition) is 3. The third-order valence-corrected chi connectivity index (χ3v) is 5.18. The summed E-state index contributed by atoms with van der Waals surface area (Å²) in [6.45, 7) is 0.0813. The van der Waals surface area contributed by atoms with Crippen LogP contribution in [0.4, 0.5) is 0 Å². The van der Waals surface area contributed by atoms with Gasteiger partial charge in [-0.3, -0.25) is 20.4 Å². The van der Waals surface area contributed by atoms with Crippen molar-refractivity contribution in [1.29, 1.82) is 0 Å². The van der Waals surface area contributed by atoms with Crippen molar-refractivity contribution in [3.63, 3.8) is 0 Å². The normalized spacial score (nSPS) is 16.6. The van der Waals surface area contributed by atoms with Crippen LogP contribution in [0.2, 0.25) is 5.02 Å². The molecule has 0 radical (unpaired) electrons. The van der Waals surface area contributed by atoms with Gasteiger partial charge in [-0.1, -0.05) is 35.9 Å². The summed E-state index contributed by atoms with van der Waals surface area (Å²) in [5.74, 6) is -0.129. The zero-order valence-electron chi connectivity index (χ0n) is 15.8. The minimum absolute atomic E-state index is 0.194. The molecule has 0 aliphatic heterocycles. The van der Waals surface area contributed by atoms with Crippen LogP contribution in [-0.2, 0) is 16.0 Å². The maximum Gasteiger partial charge on any atom is 0.293 e. The molecule has 0 saturated carbocycles. The Bertz CT molecular complexity index is 826. The van der Waals surface area contributed by atoms with Gasteiger partial charge in [-0.15, -0.1) is 0 Å². The average Bonchev–Trinajstić information content (AvgIpc) is 2.71. The second-order valence-corrected chi connectivity index (χ2v) is 7.44. The number of carbonyl (C=O) groups excluding carboxylic acids is 2. The van der Waals surface area contributed by atoms with E-state index in [1.165, 1.54) is 11.1 Å². The molecule has 0 aromatic heterocycles. The van der Waals surface area contributed by atoms with Crippen LogP contribution < -0.4 is 20.5 Å². The number of fused-ring (bicyclic) bond motifs is 1. The van der Waals surface area contributed by atoms with Gasteiger partial charge in [0.05, 0.1) is 7.05 Å². The summed E-state index contributed by atoms with van der Waals surface area (Å²) >= 11 is 5.80. The van der Waals surface area contributed by atoms with E-state index in [0.717, 1.165) is 24.2 Å². The van der Waals surface area contributed by atoms with Crippen LogP contribution in [0.1, 0.15) is 30.0 Å². The Hall–Kier alpha value is -2.57. The van der Waals surface area contributed by atoms with Crippen LogP contribution in [0, 0.1) is 0 Å². The van der Waals surface area contributed by atoms with Crippen molar-refractivity contribution >= 4 is 23.4 Å². The van der Waals surface area contributed by atoms with Crippen molar-refractivity contribution in [2.24, 2.45) is 0 Å². The monoisotopic (exact) mass is 402 g/mol. The number of likely N-dealkylation sites (N-methyl/N-ethyl adjacent to an activating group) is 1. The topological polar surface area (TPSA) is 71.9 Å². The van der Waals surface area contributed by atoms with Crippen LogP contribution in [0.25, 0.3) is 0 Å². The number of amides is 2. The summed E-state index contributed by atoms with van der Waals surface area (Å²) in [7, 11) is 2.01. The van der Waals surface area contributed by atoms with Crippen molar-refractivity contribution < 1.29 is 19.2 Å². The number of carbonyl (C=O) groups is 2. The Morgan fingerprint density at radius 3 is 2.61 bits per heavy atom. The summed E-state index contributed by atoms with van der Waals surface area (Å²) in [5.41, 5.74) is 7.54. The van der Waals surface area contributed by atoms with E-state index < -0.39 is 5.91 Å². The first-order valence-electron chi connectivity index (χ1n) is 9.39. The minimum Gasteiger partial charge on any atom is -0.484 e. The number of nitrogens with one attached hydrogen (secondary N) is 3. The largest absolute Gasteiger partial charge is 0.484 e. The van der Waals surface area contributed by atoms with Gasteiger partial charge < -0.3 is 9.64 Å². The lowest BCUT2D eigenvalue weighted by Crippen LogP contribution is -3.10. The summed E-state index contributed by atoms with van der Waals surface area (Å²) in [5, 5.41) is 0.594. The highest BCUT2D eigenvalue weighted by atomic mass is 35.5. The van der Waals surface area contributed by atoms with Crippen LogP contribution in [0.15, 0.2) is 48.5 Å². The van der Waals surface area contributed by atoms with Gasteiger partial charge in [-0.25, -0.2) is 0 Å². The van der Waals surface area contributed by atoms with Crippen molar-refractivity contribution in [2.75, 3.05) is 20.2 Å². The summed E-state index contributed by atoms with van der Waals surface area (Å²) in [6.07, 6.45) is 3.27. The SMILES string of the molecule is C[NH+](CC(=O)NNC(=O)COc1ccc(Cl)cc1)[C@@H]1CCCc2ccccc21. The number of hydrogen-bond acceptors (Lipinski definition) is 3. The van der Waals surface area contributed by atoms with Crippen molar-refractivity contribution in [3.8, 4) is 5.75 Å². The molecule has 2 aromatic rings. The van der Waals surface area contributed by atoms with Gasteiger partial charge in [-0.05, 0) is 42.7 Å². The molecule has 148 valence electrons. The molecular weight excluding hydrogens is 378 g/mol. The second-order valence-electron chi connectivity index (χ2n) is 7.01. The number of aryl methyl sites for hydroxylation is 1. The molecule has 1 unspecified atom stereocenters. The fraction of sp³-hybridized carbons (Fsp3) is 0.333. The van der Waals surface area contributed by atoms with Gasteiger partial charge in [0.15, 0.2) is 13.2 Å². The van der Waals surface area contributed by atoms with Gasteiger partial charge >= 0.3 is 0 Å². The molecule has 0 heterocycles. The van der Waals surface area contributed by atoms with Crippen molar-refractivity contribution in [1.82, 2.24) is 10.9 Å². The lowest BCUT2D eigenvalue weighted by Gasteiger charge is -2.30. The maximum atomic E-state index is 12.2. The molecule has 7 heteroatoms. The predicted octanol–water partition coefficient (Wildman–Crippen LogP) is 1.46. The Morgan fingerprint density at radius 2 is 1.82 bits per heavy atom. The zero-order chi connectivity index (χ0) is 19.9. The molecule has 1 aliphatic carbocycles. The molecular formula is C21H25ClN3O3+. The number of halogens is 1. The molecule has 0 bridgehead atoms. The number of ether oxygens (including phenoxy) is 1. The highest BCUT2D eigenvalue weighted by molar-refractivity contribution is 6.30. The van der Waals surface area contributed by atoms with Crippen LogP contribution in [0.5, 0.6) is 5.75 Å². The highest BCUT2D eigenvalue weighted by Gasteiger charge is 2.27. The molecule has 1 aliphatic rings. The van der Waals surface area contributed by atoms with Gasteiger partial charge in [0, 0.05) is 17.0 Å². The van der Waals surface area contributed by atoms with Crippen LogP contribution in [0.3, 0.4) is 0 Å². The van der Waals surface area contributed by atoms with E-state index in [4.69, 9.17) is 16.3 Å². The van der Waals surface area contributed by atoms with Crippen LogP contribution in [-0.4, -0.2) is 32.0 Å². The first kappa shape index (κ1) is 20.2. The molecule has 0 saturated heterocycles. The van der Waals surface area contributed by atoms with E-state index in [1.807, 2.05) is 13.1 Å². The molecule has 3 rings (SSSR count). The Kier molecular flexibility index (Phi) is 6.90. The van der Waals surface area contributed by atoms with E-state index in [-0.39, 0.29) is 19.1 Å². The fourth-order valence-corrected chi connectivity index (χ4v) is 3.67. The average molecular weight is 403 g/mol. The molecule has 6 nitrogen and oxygen atoms in total.